The number of aliphatic hydroxyl groups is 1. The summed E-state index contributed by atoms with van der Waals surface area (Å²) in [4.78, 5) is 155. The van der Waals surface area contributed by atoms with Crippen LogP contribution in [-0.2, 0) is 78.3 Å². The second kappa shape index (κ2) is 41.3. The van der Waals surface area contributed by atoms with Gasteiger partial charge in [0.1, 0.15) is 65.3 Å². The number of phenols is 1. The minimum absolute atomic E-state index is 0.0608. The number of hydrogen-bond acceptors (Lipinski definition) is 17. The van der Waals surface area contributed by atoms with E-state index in [1.807, 2.05) is 97.1 Å². The zero-order chi connectivity index (χ0) is 82.9. The van der Waals surface area contributed by atoms with Gasteiger partial charge in [0, 0.05) is 90.2 Å². The van der Waals surface area contributed by atoms with Crippen molar-refractivity contribution < 1.29 is 67.6 Å². The maximum Gasteiger partial charge on any atom is 0.408 e. The Morgan fingerprint density at radius 3 is 1.59 bits per heavy atom. The summed E-state index contributed by atoms with van der Waals surface area (Å²) in [6, 6.07) is 47.2. The molecule has 14 N–H and O–H groups in total. The van der Waals surface area contributed by atoms with E-state index in [0.717, 1.165) is 49.2 Å². The van der Waals surface area contributed by atoms with E-state index in [1.54, 1.807) is 102 Å². The number of ether oxygens (including phenoxy) is 2. The van der Waals surface area contributed by atoms with Gasteiger partial charge < -0.3 is 82.8 Å². The van der Waals surface area contributed by atoms with Crippen LogP contribution < -0.4 is 53.2 Å². The van der Waals surface area contributed by atoms with Crippen molar-refractivity contribution >= 4 is 115 Å². The highest BCUT2D eigenvalue weighted by molar-refractivity contribution is 8.76. The number of aromatic amines is 2. The van der Waals surface area contributed by atoms with Gasteiger partial charge in [-0.2, -0.15) is 0 Å². The number of rotatable bonds is 27. The molecule has 1 saturated heterocycles. The van der Waals surface area contributed by atoms with E-state index < -0.39 is 130 Å². The van der Waals surface area contributed by atoms with Crippen LogP contribution in [0.3, 0.4) is 0 Å². The topological polar surface area (TPSA) is 381 Å². The lowest BCUT2D eigenvalue weighted by Crippen LogP contribution is -2.62. The number of aliphatic hydroxyl groups excluding tert-OH is 1. The fourth-order valence-electron chi connectivity index (χ4n) is 13.4. The normalized spacial score (nSPS) is 18.4. The van der Waals surface area contributed by atoms with Crippen LogP contribution in [0, 0.1) is 0 Å². The molecule has 3 heterocycles. The van der Waals surface area contributed by atoms with Gasteiger partial charge in [-0.15, -0.1) is 11.8 Å². The van der Waals surface area contributed by atoms with Gasteiger partial charge >= 0.3 is 12.2 Å². The van der Waals surface area contributed by atoms with Crippen molar-refractivity contribution in [2.45, 2.75) is 164 Å². The van der Waals surface area contributed by atoms with E-state index in [2.05, 4.69) is 99.5 Å². The van der Waals surface area contributed by atoms with Gasteiger partial charge in [0.15, 0.2) is 0 Å². The van der Waals surface area contributed by atoms with Crippen molar-refractivity contribution in [2.24, 2.45) is 0 Å². The molecule has 0 spiro atoms. The predicted molar refractivity (Wildman–Crippen MR) is 452 cm³/mol. The van der Waals surface area contributed by atoms with E-state index in [1.165, 1.54) is 31.2 Å². The quantitative estimate of drug-likeness (QED) is 0.0129. The number of thioether (sulfide) groups is 1. The molecule has 1 aliphatic heterocycles. The van der Waals surface area contributed by atoms with Gasteiger partial charge in [0.2, 0.25) is 47.3 Å². The number of fused-ring (bicyclic) bond motifs is 2. The number of nitrogens with one attached hydrogen (secondary N) is 12. The van der Waals surface area contributed by atoms with Crippen molar-refractivity contribution in [3.63, 3.8) is 0 Å². The molecule has 9 aromatic rings. The molecule has 1 aliphatic rings. The van der Waals surface area contributed by atoms with Crippen LogP contribution in [-0.4, -0.2) is 176 Å². The minimum Gasteiger partial charge on any atom is -0.508 e. The summed E-state index contributed by atoms with van der Waals surface area (Å²) in [5, 5.41) is 51.6. The SMILES string of the molecule is C[C@@H](O)[C@@H]1NC(=O)[C@H](CCCCNC(=O)OC(C)(C)C)NC(=O)[C@@H](Cc2c[nH]c3ccccc23)NC(=O)[C@H](Cc2ccc(O)cc2)NC(=O)[C@@H](NC(=O)[C@@H](Cc2ccccc2)NC(=O)OC(C)(C)C)CSSC[C@@H](C(=O)N[C@@H](Cc2c[nH]c3ccccc23)C(=O)NCCSC(c2ccccc2)(c2ccccc2)c2ccccc2)NC1=O. The Kier molecular flexibility index (Phi) is 31.0. The molecule has 116 heavy (non-hydrogen) atoms. The molecule has 9 atom stereocenters. The molecule has 1 fully saturated rings. The number of para-hydroxylation sites is 2. The lowest BCUT2D eigenvalue weighted by molar-refractivity contribution is -0.136. The summed E-state index contributed by atoms with van der Waals surface area (Å²) in [6.07, 6.45) is -0.259. The van der Waals surface area contributed by atoms with Crippen LogP contribution in [0.5, 0.6) is 5.75 Å². The van der Waals surface area contributed by atoms with Crippen molar-refractivity contribution in [3.8, 4) is 5.75 Å². The van der Waals surface area contributed by atoms with E-state index in [-0.39, 0.29) is 75.3 Å². The van der Waals surface area contributed by atoms with Gasteiger partial charge in [-0.1, -0.05) is 191 Å². The summed E-state index contributed by atoms with van der Waals surface area (Å²) in [7, 11) is 1.94. The average molecular weight is 1640 g/mol. The van der Waals surface area contributed by atoms with Crippen LogP contribution >= 0.6 is 33.3 Å². The monoisotopic (exact) mass is 1630 g/mol. The number of phenolic OH excluding ortho intramolecular Hbond substituents is 1. The van der Waals surface area contributed by atoms with Gasteiger partial charge in [0.25, 0.3) is 0 Å². The first kappa shape index (κ1) is 87.1. The fraction of sp³-hybridized carbons (Fsp3) is 0.356. The van der Waals surface area contributed by atoms with E-state index >= 15 is 38.4 Å². The first-order valence-electron chi connectivity index (χ1n) is 38.6. The second-order valence-electron chi connectivity index (χ2n) is 30.4. The molecule has 29 heteroatoms. The summed E-state index contributed by atoms with van der Waals surface area (Å²) in [5.74, 6) is -7.47. The molecule has 10 rings (SSSR count). The Hall–Kier alpha value is -11.3. The lowest BCUT2D eigenvalue weighted by Gasteiger charge is -2.35. The third kappa shape index (κ3) is 25.1. The van der Waals surface area contributed by atoms with Gasteiger partial charge in [-0.3, -0.25) is 38.4 Å². The Labute approximate surface area is 686 Å². The first-order chi connectivity index (χ1) is 55.6. The molecule has 0 bridgehead atoms. The van der Waals surface area contributed by atoms with Crippen LogP contribution in [0.25, 0.3) is 21.8 Å². The molecule has 612 valence electrons. The van der Waals surface area contributed by atoms with Crippen LogP contribution in [0.2, 0.25) is 0 Å². The van der Waals surface area contributed by atoms with Crippen LogP contribution in [0.4, 0.5) is 9.59 Å². The van der Waals surface area contributed by atoms with Gasteiger partial charge in [-0.25, -0.2) is 9.59 Å². The summed E-state index contributed by atoms with van der Waals surface area (Å²) in [6.45, 7) is 11.5. The number of unbranched alkanes of at least 4 members (excludes halogenated alkanes) is 1. The highest BCUT2D eigenvalue weighted by Gasteiger charge is 2.40. The van der Waals surface area contributed by atoms with Crippen molar-refractivity contribution in [1.29, 1.82) is 0 Å². The second-order valence-corrected chi connectivity index (χ2v) is 34.3. The minimum atomic E-state index is -1.84. The molecule has 0 saturated carbocycles. The predicted octanol–water partition coefficient (Wildman–Crippen LogP) is 9.22. The summed E-state index contributed by atoms with van der Waals surface area (Å²) < 4.78 is 10.3. The molecular weight excluding hydrogens is 1530 g/mol. The van der Waals surface area contributed by atoms with Gasteiger partial charge in [-0.05, 0) is 131 Å². The number of carbonyl (C=O) groups is 10. The van der Waals surface area contributed by atoms with Crippen LogP contribution in [0.1, 0.15) is 107 Å². The number of H-pyrrole nitrogens is 2. The lowest BCUT2D eigenvalue weighted by atomic mass is 9.84. The number of amides is 10. The van der Waals surface area contributed by atoms with E-state index in [4.69, 9.17) is 9.47 Å². The zero-order valence-electron chi connectivity index (χ0n) is 65.8. The third-order valence-electron chi connectivity index (χ3n) is 19.1. The molecular formula is C87H102N12O14S3. The van der Waals surface area contributed by atoms with Crippen molar-refractivity contribution in [3.05, 3.63) is 245 Å². The Morgan fingerprint density at radius 1 is 0.500 bits per heavy atom. The standard InChI is InChI=1S/C87H102N12O14S3/c1-54(100)74-82(109)97-73(81(108)94-70(48-57-50-90-65-36-22-20-34-63(57)65)75(102)88-44-45-114-87(59-28-14-9-15-29-59,60-30-16-10-17-31-60)61-32-18-11-19-33-61)53-116-115-52-72(96-78(105)69(46-55-26-12-8-13-27-55)98-84(111)113-86(5,6)7)80(107)93-68(47-56-39-41-62(101)42-40-56)77(104)95-71(49-58-51-91-66-37-23-21-35-64(58)66)79(106)92-67(76(103)99-74)38-24-25-43-89-83(110)112-85(2,3)4/h8-23,26-37,39-42,50-51,54,67-74,90-91,100-101H,24-25,38,43-49,52-53H2,1-7H3,(H,88,102)(H,89,110)(H,92,106)(H,93,107)(H,94,108)(H,95,104)(H,96,105)(H,97,109)(H,98,111)(H,99,103)/t54-,67+,68+,69-,70+,71-,72+,73+,74+/m1/s1. The van der Waals surface area contributed by atoms with Gasteiger partial charge in [0.05, 0.1) is 10.9 Å². The van der Waals surface area contributed by atoms with E-state index in [9.17, 15) is 19.8 Å². The van der Waals surface area contributed by atoms with Crippen molar-refractivity contribution in [1.82, 2.24) is 63.1 Å². The number of benzene rings is 7. The Balaban J connectivity index is 1.01. The largest absolute Gasteiger partial charge is 0.508 e. The smallest absolute Gasteiger partial charge is 0.408 e. The Morgan fingerprint density at radius 2 is 1.00 bits per heavy atom. The highest BCUT2D eigenvalue weighted by atomic mass is 33.1. The Bertz CT molecular complexity index is 4720. The maximum atomic E-state index is 15.6. The average Bonchev–Trinajstić information content (AvgIpc) is 0.977. The first-order valence-corrected chi connectivity index (χ1v) is 42.1. The molecule has 26 nitrogen and oxygen atoms in total. The maximum absolute atomic E-state index is 15.6. The molecule has 10 amide bonds. The van der Waals surface area contributed by atoms with Crippen molar-refractivity contribution in [2.75, 3.05) is 30.3 Å². The molecule has 7 aromatic carbocycles. The van der Waals surface area contributed by atoms with E-state index in [0.29, 0.717) is 38.9 Å². The molecule has 0 aliphatic carbocycles. The number of carbonyl (C=O) groups excluding carboxylic acids is 10. The third-order valence-corrected chi connectivity index (χ3v) is 23.1. The number of alkyl carbamates (subject to hydrolysis) is 2. The molecule has 0 radical (unpaired) electrons. The summed E-state index contributed by atoms with van der Waals surface area (Å²) in [5.41, 5.74) is 4.96. The number of hydrogen-bond donors (Lipinski definition) is 14. The molecule has 2 aromatic heterocycles. The summed E-state index contributed by atoms with van der Waals surface area (Å²) >= 11 is 1.62. The molecule has 0 unspecified atom stereocenters. The van der Waals surface area contributed by atoms with Crippen LogP contribution in [0.15, 0.2) is 207 Å². The number of aromatic hydroxyl groups is 1. The fourth-order valence-corrected chi connectivity index (χ4v) is 17.2. The zero-order valence-corrected chi connectivity index (χ0v) is 68.3. The number of aromatic nitrogens is 2. The highest BCUT2D eigenvalue weighted by Crippen LogP contribution is 2.48.